The van der Waals surface area contributed by atoms with Gasteiger partial charge in [-0.15, -0.1) is 0 Å². The molecule has 2 heterocycles. The molecule has 0 spiro atoms. The molecule has 0 aliphatic heterocycles. The molecular formula is C24H34N4O. The van der Waals surface area contributed by atoms with E-state index in [0.29, 0.717) is 0 Å². The van der Waals surface area contributed by atoms with Crippen molar-refractivity contribution >= 4 is 0 Å². The van der Waals surface area contributed by atoms with Gasteiger partial charge < -0.3 is 5.11 Å². The van der Waals surface area contributed by atoms with Crippen LogP contribution in [0, 0.1) is 27.7 Å². The van der Waals surface area contributed by atoms with Crippen molar-refractivity contribution in [3.8, 4) is 0 Å². The molecular weight excluding hydrogens is 360 g/mol. The van der Waals surface area contributed by atoms with E-state index in [9.17, 15) is 0 Å². The van der Waals surface area contributed by atoms with Crippen molar-refractivity contribution < 1.29 is 5.11 Å². The predicted molar refractivity (Wildman–Crippen MR) is 119 cm³/mol. The van der Waals surface area contributed by atoms with Crippen LogP contribution in [-0.2, 0) is 19.3 Å². The van der Waals surface area contributed by atoms with Gasteiger partial charge in [-0.2, -0.15) is 0 Å². The second-order valence-electron chi connectivity index (χ2n) is 6.74. The fourth-order valence-electron chi connectivity index (χ4n) is 2.46. The van der Waals surface area contributed by atoms with E-state index in [-0.39, 0.29) is 6.61 Å². The number of aromatic nitrogens is 4. The molecule has 0 atom stereocenters. The highest BCUT2D eigenvalue weighted by atomic mass is 16.2. The van der Waals surface area contributed by atoms with Crippen molar-refractivity contribution in [2.45, 2.75) is 60.8 Å². The average Bonchev–Trinajstić information content (AvgIpc) is 2.74. The predicted octanol–water partition coefficient (Wildman–Crippen LogP) is 4.53. The molecule has 0 saturated heterocycles. The van der Waals surface area contributed by atoms with E-state index >= 15 is 0 Å². The lowest BCUT2D eigenvalue weighted by molar-refractivity contribution is 0.299. The zero-order chi connectivity index (χ0) is 21.6. The van der Waals surface area contributed by atoms with Crippen LogP contribution in [0.1, 0.15) is 53.6 Å². The molecule has 0 amide bonds. The maximum Gasteiger partial charge on any atom is 0.0616 e. The van der Waals surface area contributed by atoms with E-state index in [1.54, 1.807) is 6.20 Å². The Labute approximate surface area is 175 Å². The van der Waals surface area contributed by atoms with Crippen LogP contribution >= 0.6 is 0 Å². The number of aliphatic hydroxyl groups excluding tert-OH is 1. The molecule has 3 rings (SSSR count). The molecule has 1 aromatic carbocycles. The minimum Gasteiger partial charge on any atom is -0.396 e. The van der Waals surface area contributed by atoms with Crippen LogP contribution in [0.2, 0.25) is 0 Å². The molecule has 3 aromatic rings. The minimum atomic E-state index is 0.240. The second-order valence-corrected chi connectivity index (χ2v) is 6.74. The van der Waals surface area contributed by atoms with E-state index in [4.69, 9.17) is 5.11 Å². The van der Waals surface area contributed by atoms with Gasteiger partial charge in [0.25, 0.3) is 0 Å². The first-order valence-corrected chi connectivity index (χ1v) is 10.1. The molecule has 0 bridgehead atoms. The number of nitrogens with zero attached hydrogens (tertiary/aromatic N) is 4. The number of aryl methyl sites for hydroxylation is 6. The number of hydrogen-bond donors (Lipinski definition) is 1. The first-order valence-electron chi connectivity index (χ1n) is 10.1. The maximum atomic E-state index is 8.52. The average molecular weight is 395 g/mol. The van der Waals surface area contributed by atoms with Gasteiger partial charge in [0.1, 0.15) is 0 Å². The van der Waals surface area contributed by atoms with Gasteiger partial charge in [-0.25, -0.2) is 0 Å². The van der Waals surface area contributed by atoms with Crippen molar-refractivity contribution in [1.82, 2.24) is 19.9 Å². The van der Waals surface area contributed by atoms with Crippen LogP contribution in [0.3, 0.4) is 0 Å². The van der Waals surface area contributed by atoms with Crippen molar-refractivity contribution in [3.63, 3.8) is 0 Å². The van der Waals surface area contributed by atoms with Gasteiger partial charge in [-0.1, -0.05) is 44.2 Å². The van der Waals surface area contributed by atoms with Crippen molar-refractivity contribution in [1.29, 1.82) is 0 Å². The van der Waals surface area contributed by atoms with Gasteiger partial charge in [-0.05, 0) is 52.5 Å². The van der Waals surface area contributed by atoms with Crippen LogP contribution < -0.4 is 0 Å². The summed E-state index contributed by atoms with van der Waals surface area (Å²) in [6.07, 6.45) is 6.34. The van der Waals surface area contributed by atoms with Crippen LogP contribution in [0.15, 0.2) is 42.7 Å². The maximum absolute atomic E-state index is 8.52. The lowest BCUT2D eigenvalue weighted by Gasteiger charge is -2.00. The second kappa shape index (κ2) is 13.5. The van der Waals surface area contributed by atoms with Crippen LogP contribution in [0.5, 0.6) is 0 Å². The third kappa shape index (κ3) is 9.39. The Kier molecular flexibility index (Phi) is 11.4. The molecule has 0 fully saturated rings. The summed E-state index contributed by atoms with van der Waals surface area (Å²) < 4.78 is 0. The largest absolute Gasteiger partial charge is 0.396 e. The van der Waals surface area contributed by atoms with Gasteiger partial charge in [0.05, 0.1) is 34.2 Å². The van der Waals surface area contributed by atoms with Gasteiger partial charge in [0.2, 0.25) is 0 Å². The Morgan fingerprint density at radius 2 is 1.41 bits per heavy atom. The summed E-state index contributed by atoms with van der Waals surface area (Å²) >= 11 is 0. The van der Waals surface area contributed by atoms with Crippen LogP contribution in [0.4, 0.5) is 0 Å². The Morgan fingerprint density at radius 3 is 1.93 bits per heavy atom. The van der Waals surface area contributed by atoms with Gasteiger partial charge in [0.15, 0.2) is 0 Å². The number of aliphatic hydroxyl groups is 1. The number of benzene rings is 1. The topological polar surface area (TPSA) is 71.8 Å². The molecule has 29 heavy (non-hydrogen) atoms. The Morgan fingerprint density at radius 1 is 0.759 bits per heavy atom. The van der Waals surface area contributed by atoms with Gasteiger partial charge in [0, 0.05) is 19.0 Å². The molecule has 0 radical (unpaired) electrons. The molecule has 5 nitrogen and oxygen atoms in total. The Balaban J connectivity index is 0.000000218. The third-order valence-corrected chi connectivity index (χ3v) is 4.36. The highest BCUT2D eigenvalue weighted by Gasteiger charge is 1.97. The molecule has 0 unspecified atom stereocenters. The van der Waals surface area contributed by atoms with Crippen molar-refractivity contribution in [3.05, 3.63) is 82.5 Å². The number of rotatable bonds is 4. The Hall–Kier alpha value is -2.66. The Bertz CT molecular complexity index is 851. The molecule has 156 valence electrons. The third-order valence-electron chi connectivity index (χ3n) is 4.36. The molecule has 0 saturated carbocycles. The molecule has 5 heteroatoms. The summed E-state index contributed by atoms with van der Waals surface area (Å²) in [5.41, 5.74) is 7.50. The number of hydrogen-bond acceptors (Lipinski definition) is 5. The van der Waals surface area contributed by atoms with E-state index < -0.39 is 0 Å². The summed E-state index contributed by atoms with van der Waals surface area (Å²) in [6, 6.07) is 9.95. The van der Waals surface area contributed by atoms with E-state index in [1.165, 1.54) is 5.56 Å². The molecule has 1 N–H and O–H groups in total. The fraction of sp³-hybridized carbons (Fsp3) is 0.417. The van der Waals surface area contributed by atoms with Crippen molar-refractivity contribution in [2.75, 3.05) is 6.61 Å². The van der Waals surface area contributed by atoms with Crippen molar-refractivity contribution in [2.24, 2.45) is 0 Å². The summed E-state index contributed by atoms with van der Waals surface area (Å²) in [5, 5.41) is 8.52. The monoisotopic (exact) mass is 394 g/mol. The molecule has 0 aliphatic carbocycles. The van der Waals surface area contributed by atoms with E-state index in [2.05, 4.69) is 33.8 Å². The lowest BCUT2D eigenvalue weighted by atomic mass is 10.2. The standard InChI is InChI=1S/2C8H12N2.C8H10O/c1-4-8-5-9-6(2)7(3)10-8;1-4-8-7(3)9-5-6(2)10-8;9-7-6-8-4-2-1-3-5-8/h2*5H,4H2,1-3H3;1-5,9H,6-7H2. The normalized spacial score (nSPS) is 9.76. The SMILES string of the molecule is CCc1cnc(C)c(C)n1.CCc1nc(C)cnc1C.OCCc1ccccc1. The van der Waals surface area contributed by atoms with Crippen LogP contribution in [0.25, 0.3) is 0 Å². The molecule has 0 aliphatic rings. The summed E-state index contributed by atoms with van der Waals surface area (Å²) in [6.45, 7) is 12.3. The lowest BCUT2D eigenvalue weighted by Crippen LogP contribution is -1.96. The van der Waals surface area contributed by atoms with E-state index in [0.717, 1.165) is 53.4 Å². The zero-order valence-electron chi connectivity index (χ0n) is 18.6. The molecule has 2 aromatic heterocycles. The first kappa shape index (κ1) is 24.4. The zero-order valence-corrected chi connectivity index (χ0v) is 18.6. The quantitative estimate of drug-likeness (QED) is 0.704. The van der Waals surface area contributed by atoms with Gasteiger partial charge in [-0.3, -0.25) is 19.9 Å². The van der Waals surface area contributed by atoms with Crippen LogP contribution in [-0.4, -0.2) is 31.6 Å². The first-order chi connectivity index (χ1) is 13.9. The summed E-state index contributed by atoms with van der Waals surface area (Å²) in [7, 11) is 0. The minimum absolute atomic E-state index is 0.240. The summed E-state index contributed by atoms with van der Waals surface area (Å²) in [4.78, 5) is 17.0. The fourth-order valence-corrected chi connectivity index (χ4v) is 2.46. The highest BCUT2D eigenvalue weighted by molar-refractivity contribution is 5.14. The van der Waals surface area contributed by atoms with Gasteiger partial charge >= 0.3 is 0 Å². The highest BCUT2D eigenvalue weighted by Crippen LogP contribution is 2.02. The van der Waals surface area contributed by atoms with E-state index in [1.807, 2.05) is 64.2 Å². The summed E-state index contributed by atoms with van der Waals surface area (Å²) in [5.74, 6) is 0. The smallest absolute Gasteiger partial charge is 0.0616 e.